The molecule has 0 radical (unpaired) electrons. The van der Waals surface area contributed by atoms with Gasteiger partial charge in [0.2, 0.25) is 0 Å². The van der Waals surface area contributed by atoms with Crippen molar-refractivity contribution in [1.82, 2.24) is 9.78 Å². The molecule has 2 aromatic carbocycles. The van der Waals surface area contributed by atoms with Gasteiger partial charge in [0.25, 0.3) is 0 Å². The highest BCUT2D eigenvalue weighted by atomic mass is 35.5. The van der Waals surface area contributed by atoms with Gasteiger partial charge < -0.3 is 5.11 Å². The first-order valence-corrected chi connectivity index (χ1v) is 7.73. The quantitative estimate of drug-likeness (QED) is 0.748. The standard InChI is InChI=1S/C18H14ClFN2O2/c19-14-4-8-16(9-5-14)22-11-13(3-10-17(23)24)18(21-22)12-1-6-15(20)7-2-12/h1-2,4-9,11H,3,10H2,(H,23,24). The second-order valence-electron chi connectivity index (χ2n) is 5.32. The Bertz CT molecular complexity index is 858. The lowest BCUT2D eigenvalue weighted by molar-refractivity contribution is -0.136. The van der Waals surface area contributed by atoms with Crippen LogP contribution in [0.15, 0.2) is 54.7 Å². The maximum atomic E-state index is 13.1. The first-order valence-electron chi connectivity index (χ1n) is 7.35. The molecule has 0 saturated carbocycles. The molecule has 0 bridgehead atoms. The van der Waals surface area contributed by atoms with Crippen LogP contribution in [0.1, 0.15) is 12.0 Å². The number of carbonyl (C=O) groups is 1. The van der Waals surface area contributed by atoms with Crippen LogP contribution in [-0.4, -0.2) is 20.9 Å². The lowest BCUT2D eigenvalue weighted by Gasteiger charge is -2.01. The van der Waals surface area contributed by atoms with Crippen LogP contribution in [0.2, 0.25) is 5.02 Å². The van der Waals surface area contributed by atoms with Gasteiger partial charge in [-0.15, -0.1) is 0 Å². The van der Waals surface area contributed by atoms with Gasteiger partial charge in [-0.2, -0.15) is 5.10 Å². The van der Waals surface area contributed by atoms with Gasteiger partial charge in [0.05, 0.1) is 11.4 Å². The van der Waals surface area contributed by atoms with Crippen LogP contribution in [-0.2, 0) is 11.2 Å². The molecule has 0 spiro atoms. The number of aromatic nitrogens is 2. The molecule has 0 amide bonds. The molecule has 3 aromatic rings. The van der Waals surface area contributed by atoms with Crippen LogP contribution in [0, 0.1) is 5.82 Å². The first kappa shape index (κ1) is 16.2. The van der Waals surface area contributed by atoms with E-state index >= 15 is 0 Å². The minimum Gasteiger partial charge on any atom is -0.481 e. The molecule has 1 aromatic heterocycles. The predicted octanol–water partition coefficient (Wildman–Crippen LogP) is 4.35. The monoisotopic (exact) mass is 344 g/mol. The predicted molar refractivity (Wildman–Crippen MR) is 89.9 cm³/mol. The van der Waals surface area contributed by atoms with Gasteiger partial charge in [-0.3, -0.25) is 4.79 Å². The molecule has 24 heavy (non-hydrogen) atoms. The lowest BCUT2D eigenvalue weighted by atomic mass is 10.0. The summed E-state index contributed by atoms with van der Waals surface area (Å²) in [5.74, 6) is -1.21. The van der Waals surface area contributed by atoms with E-state index in [2.05, 4.69) is 5.10 Å². The maximum absolute atomic E-state index is 13.1. The minimum atomic E-state index is -0.876. The van der Waals surface area contributed by atoms with Crippen molar-refractivity contribution >= 4 is 17.6 Å². The molecule has 122 valence electrons. The first-order chi connectivity index (χ1) is 11.5. The van der Waals surface area contributed by atoms with Crippen LogP contribution >= 0.6 is 11.6 Å². The van der Waals surface area contributed by atoms with Crippen molar-refractivity contribution in [2.75, 3.05) is 0 Å². The van der Waals surface area contributed by atoms with Crippen LogP contribution in [0.3, 0.4) is 0 Å². The van der Waals surface area contributed by atoms with Gasteiger partial charge in [-0.25, -0.2) is 9.07 Å². The van der Waals surface area contributed by atoms with Crippen molar-refractivity contribution in [2.45, 2.75) is 12.8 Å². The fourth-order valence-electron chi connectivity index (χ4n) is 2.41. The van der Waals surface area contributed by atoms with Gasteiger partial charge >= 0.3 is 5.97 Å². The molecule has 4 nitrogen and oxygen atoms in total. The van der Waals surface area contributed by atoms with Gasteiger partial charge in [0.1, 0.15) is 5.82 Å². The second-order valence-corrected chi connectivity index (χ2v) is 5.76. The zero-order valence-corrected chi connectivity index (χ0v) is 13.4. The Hall–Kier alpha value is -2.66. The number of halogens is 2. The third kappa shape index (κ3) is 3.63. The van der Waals surface area contributed by atoms with Crippen LogP contribution < -0.4 is 0 Å². The fraction of sp³-hybridized carbons (Fsp3) is 0.111. The molecule has 0 atom stereocenters. The molecule has 1 N–H and O–H groups in total. The van der Waals surface area contributed by atoms with E-state index in [0.717, 1.165) is 16.8 Å². The molecule has 0 aliphatic heterocycles. The van der Waals surface area contributed by atoms with Gasteiger partial charge in [0, 0.05) is 23.2 Å². The molecule has 6 heteroatoms. The van der Waals surface area contributed by atoms with Crippen molar-refractivity contribution in [1.29, 1.82) is 0 Å². The molecule has 0 unspecified atom stereocenters. The number of nitrogens with zero attached hydrogens (tertiary/aromatic N) is 2. The molecular weight excluding hydrogens is 331 g/mol. The van der Waals surface area contributed by atoms with E-state index in [1.807, 2.05) is 12.1 Å². The van der Waals surface area contributed by atoms with Crippen molar-refractivity contribution in [2.24, 2.45) is 0 Å². The van der Waals surface area contributed by atoms with Crippen LogP contribution in [0.25, 0.3) is 16.9 Å². The summed E-state index contributed by atoms with van der Waals surface area (Å²) in [6.45, 7) is 0. The topological polar surface area (TPSA) is 55.1 Å². The third-order valence-electron chi connectivity index (χ3n) is 3.61. The van der Waals surface area contributed by atoms with E-state index in [1.165, 1.54) is 12.1 Å². The molecule has 3 rings (SSSR count). The fourth-order valence-corrected chi connectivity index (χ4v) is 2.54. The number of aliphatic carboxylic acids is 1. The normalized spacial score (nSPS) is 10.8. The number of aryl methyl sites for hydroxylation is 1. The van der Waals surface area contributed by atoms with E-state index < -0.39 is 5.97 Å². The minimum absolute atomic E-state index is 0.000502. The van der Waals surface area contributed by atoms with E-state index in [1.54, 1.807) is 35.1 Å². The van der Waals surface area contributed by atoms with E-state index in [-0.39, 0.29) is 12.2 Å². The molecule has 0 saturated heterocycles. The summed E-state index contributed by atoms with van der Waals surface area (Å²) in [5, 5.41) is 14.1. The summed E-state index contributed by atoms with van der Waals surface area (Å²) >= 11 is 5.90. The Kier molecular flexibility index (Phi) is 4.62. The Balaban J connectivity index is 2.02. The van der Waals surface area contributed by atoms with Crippen LogP contribution in [0.5, 0.6) is 0 Å². The Morgan fingerprint density at radius 2 is 1.79 bits per heavy atom. The summed E-state index contributed by atoms with van der Waals surface area (Å²) < 4.78 is 14.8. The number of carboxylic acid groups (broad SMARTS) is 1. The summed E-state index contributed by atoms with van der Waals surface area (Å²) in [4.78, 5) is 10.9. The number of carboxylic acids is 1. The van der Waals surface area contributed by atoms with E-state index in [0.29, 0.717) is 17.1 Å². The average molecular weight is 345 g/mol. The van der Waals surface area contributed by atoms with Gasteiger partial charge in [0.15, 0.2) is 0 Å². The van der Waals surface area contributed by atoms with E-state index in [4.69, 9.17) is 16.7 Å². The molecule has 1 heterocycles. The third-order valence-corrected chi connectivity index (χ3v) is 3.86. The highest BCUT2D eigenvalue weighted by Crippen LogP contribution is 2.25. The van der Waals surface area contributed by atoms with Crippen molar-refractivity contribution < 1.29 is 14.3 Å². The zero-order chi connectivity index (χ0) is 17.1. The van der Waals surface area contributed by atoms with Gasteiger partial charge in [-0.05, 0) is 60.5 Å². The number of rotatable bonds is 5. The van der Waals surface area contributed by atoms with Crippen molar-refractivity contribution in [3.05, 3.63) is 71.1 Å². The Morgan fingerprint density at radius 3 is 2.42 bits per heavy atom. The largest absolute Gasteiger partial charge is 0.481 e. The van der Waals surface area contributed by atoms with E-state index in [9.17, 15) is 9.18 Å². The Labute approximate surface area is 143 Å². The van der Waals surface area contributed by atoms with Gasteiger partial charge in [-0.1, -0.05) is 11.6 Å². The second kappa shape index (κ2) is 6.84. The molecule has 0 aliphatic carbocycles. The van der Waals surface area contributed by atoms with Crippen molar-refractivity contribution in [3.63, 3.8) is 0 Å². The molecule has 0 fully saturated rings. The average Bonchev–Trinajstić information content (AvgIpc) is 2.98. The summed E-state index contributed by atoms with van der Waals surface area (Å²) in [6, 6.07) is 13.1. The molecule has 0 aliphatic rings. The summed E-state index contributed by atoms with van der Waals surface area (Å²) in [7, 11) is 0. The summed E-state index contributed by atoms with van der Waals surface area (Å²) in [5.41, 5.74) is 2.99. The lowest BCUT2D eigenvalue weighted by Crippen LogP contribution is -1.97. The highest BCUT2D eigenvalue weighted by Gasteiger charge is 2.13. The number of hydrogen-bond donors (Lipinski definition) is 1. The zero-order valence-electron chi connectivity index (χ0n) is 12.6. The van der Waals surface area contributed by atoms with Crippen molar-refractivity contribution in [3.8, 4) is 16.9 Å². The number of benzene rings is 2. The maximum Gasteiger partial charge on any atom is 0.303 e. The highest BCUT2D eigenvalue weighted by molar-refractivity contribution is 6.30. The SMILES string of the molecule is O=C(O)CCc1cn(-c2ccc(Cl)cc2)nc1-c1ccc(F)cc1. The smallest absolute Gasteiger partial charge is 0.303 e. The summed E-state index contributed by atoms with van der Waals surface area (Å²) in [6.07, 6.45) is 2.14. The molecular formula is C18H14ClFN2O2. The number of hydrogen-bond acceptors (Lipinski definition) is 2. The van der Waals surface area contributed by atoms with Crippen LogP contribution in [0.4, 0.5) is 4.39 Å². The Morgan fingerprint density at radius 1 is 1.12 bits per heavy atom.